The number of halogens is 1. The molecule has 1 N–H and O–H groups in total. The zero-order valence-electron chi connectivity index (χ0n) is 10.2. The second kappa shape index (κ2) is 5.93. The van der Waals surface area contributed by atoms with E-state index in [0.29, 0.717) is 24.4 Å². The van der Waals surface area contributed by atoms with E-state index in [-0.39, 0.29) is 6.61 Å². The van der Waals surface area contributed by atoms with Crippen molar-refractivity contribution >= 4 is 23.7 Å². The normalized spacial score (nSPS) is 18.4. The van der Waals surface area contributed by atoms with Gasteiger partial charge in [0.25, 0.3) is 0 Å². The molecule has 5 nitrogen and oxygen atoms in total. The molecule has 0 aromatic heterocycles. The summed E-state index contributed by atoms with van der Waals surface area (Å²) in [5, 5.41) is 9.56. The van der Waals surface area contributed by atoms with Crippen LogP contribution in [0.2, 0.25) is 5.02 Å². The van der Waals surface area contributed by atoms with Crippen molar-refractivity contribution in [3.63, 3.8) is 0 Å². The van der Waals surface area contributed by atoms with E-state index in [1.807, 2.05) is 0 Å². The highest BCUT2D eigenvalue weighted by Gasteiger charge is 2.34. The maximum atomic E-state index is 11.8. The minimum absolute atomic E-state index is 0.0855. The fraction of sp³-hybridized carbons (Fsp3) is 0.385. The molecule has 0 spiro atoms. The van der Waals surface area contributed by atoms with Gasteiger partial charge >= 0.3 is 12.1 Å². The minimum Gasteiger partial charge on any atom is -0.480 e. The molecule has 2 rings (SSSR count). The molecular formula is C13H14ClNO4. The van der Waals surface area contributed by atoms with E-state index in [2.05, 4.69) is 0 Å². The molecule has 1 aromatic carbocycles. The van der Waals surface area contributed by atoms with E-state index in [0.717, 1.165) is 5.56 Å². The summed E-state index contributed by atoms with van der Waals surface area (Å²) in [7, 11) is 0. The van der Waals surface area contributed by atoms with Crippen molar-refractivity contribution in [3.05, 3.63) is 34.9 Å². The third kappa shape index (κ3) is 3.38. The molecule has 1 atom stereocenters. The average molecular weight is 284 g/mol. The van der Waals surface area contributed by atoms with Crippen molar-refractivity contribution in [2.45, 2.75) is 25.5 Å². The lowest BCUT2D eigenvalue weighted by Crippen LogP contribution is -2.40. The van der Waals surface area contributed by atoms with Crippen molar-refractivity contribution in [1.82, 2.24) is 4.90 Å². The molecule has 0 aliphatic carbocycles. The van der Waals surface area contributed by atoms with Crippen molar-refractivity contribution in [3.8, 4) is 0 Å². The van der Waals surface area contributed by atoms with Crippen LogP contribution in [0.15, 0.2) is 24.3 Å². The molecule has 1 amide bonds. The summed E-state index contributed by atoms with van der Waals surface area (Å²) >= 11 is 5.82. The van der Waals surface area contributed by atoms with Crippen LogP contribution in [0.3, 0.4) is 0 Å². The van der Waals surface area contributed by atoms with E-state index in [1.54, 1.807) is 24.3 Å². The molecule has 6 heteroatoms. The highest BCUT2D eigenvalue weighted by Crippen LogP contribution is 2.19. The van der Waals surface area contributed by atoms with Gasteiger partial charge in [0.2, 0.25) is 0 Å². The van der Waals surface area contributed by atoms with Crippen LogP contribution in [0.25, 0.3) is 0 Å². The Morgan fingerprint density at radius 2 is 2.26 bits per heavy atom. The van der Waals surface area contributed by atoms with E-state index in [9.17, 15) is 9.59 Å². The topological polar surface area (TPSA) is 66.8 Å². The third-order valence-electron chi connectivity index (χ3n) is 3.02. The second-order valence-corrected chi connectivity index (χ2v) is 4.81. The summed E-state index contributed by atoms with van der Waals surface area (Å²) in [4.78, 5) is 24.1. The summed E-state index contributed by atoms with van der Waals surface area (Å²) in [5.41, 5.74) is 0.770. The number of aliphatic carboxylic acids is 1. The van der Waals surface area contributed by atoms with Gasteiger partial charge in [-0.05, 0) is 30.5 Å². The van der Waals surface area contributed by atoms with Gasteiger partial charge in [0.05, 0.1) is 0 Å². The van der Waals surface area contributed by atoms with Crippen molar-refractivity contribution in [1.29, 1.82) is 0 Å². The number of carboxylic acids is 1. The van der Waals surface area contributed by atoms with Crippen molar-refractivity contribution < 1.29 is 19.4 Å². The second-order valence-electron chi connectivity index (χ2n) is 4.37. The predicted molar refractivity (Wildman–Crippen MR) is 69.0 cm³/mol. The van der Waals surface area contributed by atoms with Crippen LogP contribution in [0.4, 0.5) is 4.79 Å². The van der Waals surface area contributed by atoms with Gasteiger partial charge in [-0.2, -0.15) is 0 Å². The first-order chi connectivity index (χ1) is 9.08. The lowest BCUT2D eigenvalue weighted by Gasteiger charge is -2.20. The molecule has 0 saturated carbocycles. The SMILES string of the molecule is O=C(O)[C@@H]1CCCN1C(=O)OCc1cccc(Cl)c1. The zero-order valence-corrected chi connectivity index (χ0v) is 11.0. The molecule has 1 aromatic rings. The number of nitrogens with zero attached hydrogens (tertiary/aromatic N) is 1. The first-order valence-electron chi connectivity index (χ1n) is 5.98. The summed E-state index contributed by atoms with van der Waals surface area (Å²) < 4.78 is 5.11. The first kappa shape index (κ1) is 13.7. The number of hydrogen-bond donors (Lipinski definition) is 1. The van der Waals surface area contributed by atoms with Gasteiger partial charge in [0, 0.05) is 11.6 Å². The zero-order chi connectivity index (χ0) is 13.8. The average Bonchev–Trinajstić information content (AvgIpc) is 2.85. The Morgan fingerprint density at radius 3 is 2.95 bits per heavy atom. The van der Waals surface area contributed by atoms with E-state index < -0.39 is 18.1 Å². The lowest BCUT2D eigenvalue weighted by molar-refractivity contribution is -0.141. The van der Waals surface area contributed by atoms with Crippen molar-refractivity contribution in [2.75, 3.05) is 6.54 Å². The molecular weight excluding hydrogens is 270 g/mol. The van der Waals surface area contributed by atoms with Gasteiger partial charge in [-0.1, -0.05) is 23.7 Å². The molecule has 1 aliphatic rings. The van der Waals surface area contributed by atoms with E-state index >= 15 is 0 Å². The molecule has 1 heterocycles. The van der Waals surface area contributed by atoms with Crippen LogP contribution < -0.4 is 0 Å². The van der Waals surface area contributed by atoms with Crippen LogP contribution in [0, 0.1) is 0 Å². The lowest BCUT2D eigenvalue weighted by atomic mass is 10.2. The summed E-state index contributed by atoms with van der Waals surface area (Å²) in [6.07, 6.45) is 0.565. The Bertz CT molecular complexity index is 491. The molecule has 19 heavy (non-hydrogen) atoms. The van der Waals surface area contributed by atoms with Gasteiger partial charge in [-0.25, -0.2) is 9.59 Å². The van der Waals surface area contributed by atoms with Crippen LogP contribution in [-0.4, -0.2) is 34.7 Å². The monoisotopic (exact) mass is 283 g/mol. The quantitative estimate of drug-likeness (QED) is 0.925. The Balaban J connectivity index is 1.92. The van der Waals surface area contributed by atoms with Gasteiger partial charge in [-0.15, -0.1) is 0 Å². The molecule has 1 saturated heterocycles. The van der Waals surface area contributed by atoms with Crippen LogP contribution in [-0.2, 0) is 16.1 Å². The Hall–Kier alpha value is -1.75. The highest BCUT2D eigenvalue weighted by molar-refractivity contribution is 6.30. The number of rotatable bonds is 3. The van der Waals surface area contributed by atoms with Crippen LogP contribution in [0.1, 0.15) is 18.4 Å². The van der Waals surface area contributed by atoms with Gasteiger partial charge in [-0.3, -0.25) is 4.90 Å². The maximum absolute atomic E-state index is 11.8. The smallest absolute Gasteiger partial charge is 0.410 e. The highest BCUT2D eigenvalue weighted by atomic mass is 35.5. The molecule has 1 aliphatic heterocycles. The van der Waals surface area contributed by atoms with Gasteiger partial charge in [0.1, 0.15) is 12.6 Å². The molecule has 0 bridgehead atoms. The number of carboxylic acid groups (broad SMARTS) is 1. The van der Waals surface area contributed by atoms with E-state index in [1.165, 1.54) is 4.90 Å². The number of likely N-dealkylation sites (tertiary alicyclic amines) is 1. The molecule has 102 valence electrons. The molecule has 1 fully saturated rings. The number of ether oxygens (including phenoxy) is 1. The molecule has 0 unspecified atom stereocenters. The summed E-state index contributed by atoms with van der Waals surface area (Å²) in [5.74, 6) is -0.989. The summed E-state index contributed by atoms with van der Waals surface area (Å²) in [6.45, 7) is 0.508. The number of amides is 1. The Morgan fingerprint density at radius 1 is 1.47 bits per heavy atom. The van der Waals surface area contributed by atoms with Crippen LogP contribution in [0.5, 0.6) is 0 Å². The number of carbonyl (C=O) groups excluding carboxylic acids is 1. The predicted octanol–water partition coefficient (Wildman–Crippen LogP) is 2.53. The van der Waals surface area contributed by atoms with Crippen molar-refractivity contribution in [2.24, 2.45) is 0 Å². The van der Waals surface area contributed by atoms with Gasteiger partial charge < -0.3 is 9.84 Å². The van der Waals surface area contributed by atoms with Gasteiger partial charge in [0.15, 0.2) is 0 Å². The summed E-state index contributed by atoms with van der Waals surface area (Å²) in [6, 6.07) is 6.22. The largest absolute Gasteiger partial charge is 0.480 e. The van der Waals surface area contributed by atoms with Crippen LogP contribution >= 0.6 is 11.6 Å². The Labute approximate surface area is 115 Å². The third-order valence-corrected chi connectivity index (χ3v) is 3.26. The number of hydrogen-bond acceptors (Lipinski definition) is 3. The fourth-order valence-electron chi connectivity index (χ4n) is 2.10. The Kier molecular flexibility index (Phi) is 4.27. The molecule has 0 radical (unpaired) electrons. The minimum atomic E-state index is -0.989. The first-order valence-corrected chi connectivity index (χ1v) is 6.36. The maximum Gasteiger partial charge on any atom is 0.410 e. The number of benzene rings is 1. The standard InChI is InChI=1S/C13H14ClNO4/c14-10-4-1-3-9(7-10)8-19-13(18)15-6-2-5-11(15)12(16)17/h1,3-4,7,11H,2,5-6,8H2,(H,16,17)/t11-/m0/s1. The van der Waals surface area contributed by atoms with E-state index in [4.69, 9.17) is 21.4 Å². The number of carbonyl (C=O) groups is 2. The fourth-order valence-corrected chi connectivity index (χ4v) is 2.31.